The van der Waals surface area contributed by atoms with E-state index in [9.17, 15) is 0 Å². The first-order valence-electron chi connectivity index (χ1n) is 5.41. The predicted molar refractivity (Wildman–Crippen MR) is 60.2 cm³/mol. The fourth-order valence-corrected chi connectivity index (χ4v) is 2.12. The van der Waals surface area contributed by atoms with Crippen molar-refractivity contribution in [3.05, 3.63) is 30.3 Å². The summed E-state index contributed by atoms with van der Waals surface area (Å²) in [6.45, 7) is 1.02. The van der Waals surface area contributed by atoms with E-state index >= 15 is 0 Å². The van der Waals surface area contributed by atoms with Gasteiger partial charge in [0.15, 0.2) is 0 Å². The Morgan fingerprint density at radius 2 is 2.00 bits per heavy atom. The molecule has 2 rings (SSSR count). The van der Waals surface area contributed by atoms with Crippen LogP contribution in [-0.4, -0.2) is 12.6 Å². The summed E-state index contributed by atoms with van der Waals surface area (Å²) in [5.74, 6) is 0.662. The molecule has 2 atom stereocenters. The van der Waals surface area contributed by atoms with Gasteiger partial charge in [-0.3, -0.25) is 0 Å². The molecule has 1 fully saturated rings. The van der Waals surface area contributed by atoms with Gasteiger partial charge in [0.25, 0.3) is 0 Å². The first-order chi connectivity index (χ1) is 6.86. The third-order valence-corrected chi connectivity index (χ3v) is 3.06. The van der Waals surface area contributed by atoms with E-state index in [1.807, 2.05) is 6.07 Å². The smallest absolute Gasteiger partial charge is 0.0340 e. The van der Waals surface area contributed by atoms with E-state index < -0.39 is 0 Å². The third-order valence-electron chi connectivity index (χ3n) is 3.06. The van der Waals surface area contributed by atoms with Crippen molar-refractivity contribution in [2.75, 3.05) is 11.9 Å². The van der Waals surface area contributed by atoms with Gasteiger partial charge in [-0.15, -0.1) is 0 Å². The van der Waals surface area contributed by atoms with Crippen LogP contribution in [0.2, 0.25) is 0 Å². The number of anilines is 1. The average Bonchev–Trinajstić information content (AvgIpc) is 2.63. The lowest BCUT2D eigenvalue weighted by Crippen LogP contribution is -2.29. The number of hydrogen-bond donors (Lipinski definition) is 2. The molecule has 1 aliphatic rings. The Labute approximate surface area is 85.5 Å². The maximum atomic E-state index is 6.00. The van der Waals surface area contributed by atoms with Crippen molar-refractivity contribution in [2.24, 2.45) is 11.7 Å². The average molecular weight is 190 g/mol. The van der Waals surface area contributed by atoms with Crippen LogP contribution in [-0.2, 0) is 0 Å². The predicted octanol–water partition coefficient (Wildman–Crippen LogP) is 2.23. The molecule has 1 aromatic carbocycles. The topological polar surface area (TPSA) is 38.0 Å². The molecule has 0 saturated heterocycles. The fourth-order valence-electron chi connectivity index (χ4n) is 2.12. The third kappa shape index (κ3) is 2.26. The van der Waals surface area contributed by atoms with Gasteiger partial charge in [0.2, 0.25) is 0 Å². The van der Waals surface area contributed by atoms with E-state index in [1.165, 1.54) is 24.9 Å². The van der Waals surface area contributed by atoms with Crippen LogP contribution < -0.4 is 11.1 Å². The molecule has 0 bridgehead atoms. The lowest BCUT2D eigenvalue weighted by atomic mass is 10.0. The second kappa shape index (κ2) is 4.47. The summed E-state index contributed by atoms with van der Waals surface area (Å²) in [4.78, 5) is 0. The molecule has 2 nitrogen and oxygen atoms in total. The Morgan fingerprint density at radius 3 is 2.64 bits per heavy atom. The van der Waals surface area contributed by atoms with Crippen LogP contribution in [0.25, 0.3) is 0 Å². The largest absolute Gasteiger partial charge is 0.385 e. The van der Waals surface area contributed by atoms with Crippen LogP contribution >= 0.6 is 0 Å². The van der Waals surface area contributed by atoms with Gasteiger partial charge in [-0.1, -0.05) is 24.6 Å². The van der Waals surface area contributed by atoms with Crippen LogP contribution in [0.4, 0.5) is 5.69 Å². The van der Waals surface area contributed by atoms with Gasteiger partial charge in [0.05, 0.1) is 0 Å². The molecule has 2 heteroatoms. The number of benzene rings is 1. The Hall–Kier alpha value is -1.02. The van der Waals surface area contributed by atoms with Crippen LogP contribution in [0.1, 0.15) is 19.3 Å². The standard InChI is InChI=1S/C12H18N2/c13-12-8-4-5-10(12)9-14-11-6-2-1-3-7-11/h1-3,6-7,10,12,14H,4-5,8-9,13H2. The minimum absolute atomic E-state index is 0.409. The maximum Gasteiger partial charge on any atom is 0.0340 e. The van der Waals surface area contributed by atoms with Crippen molar-refractivity contribution >= 4 is 5.69 Å². The molecule has 1 saturated carbocycles. The second-order valence-corrected chi connectivity index (χ2v) is 4.10. The van der Waals surface area contributed by atoms with Gasteiger partial charge >= 0.3 is 0 Å². The molecule has 2 unspecified atom stereocenters. The summed E-state index contributed by atoms with van der Waals surface area (Å²) in [7, 11) is 0. The van der Waals surface area contributed by atoms with E-state index in [-0.39, 0.29) is 0 Å². The van der Waals surface area contributed by atoms with Crippen LogP contribution in [0, 0.1) is 5.92 Å². The molecule has 3 N–H and O–H groups in total. The van der Waals surface area contributed by atoms with Crippen LogP contribution in [0.5, 0.6) is 0 Å². The molecule has 0 aliphatic heterocycles. The quantitative estimate of drug-likeness (QED) is 0.767. The maximum absolute atomic E-state index is 6.00. The molecule has 0 spiro atoms. The van der Waals surface area contributed by atoms with Gasteiger partial charge in [0, 0.05) is 18.3 Å². The first kappa shape index (κ1) is 9.53. The van der Waals surface area contributed by atoms with Crippen LogP contribution in [0.15, 0.2) is 30.3 Å². The molecule has 76 valence electrons. The summed E-state index contributed by atoms with van der Waals surface area (Å²) in [5.41, 5.74) is 7.20. The zero-order valence-corrected chi connectivity index (χ0v) is 8.45. The lowest BCUT2D eigenvalue weighted by molar-refractivity contribution is 0.505. The van der Waals surface area contributed by atoms with Gasteiger partial charge in [-0.05, 0) is 30.9 Å². The van der Waals surface area contributed by atoms with Gasteiger partial charge in [0.1, 0.15) is 0 Å². The molecule has 0 aromatic heterocycles. The number of para-hydroxylation sites is 1. The van der Waals surface area contributed by atoms with Crippen molar-refractivity contribution < 1.29 is 0 Å². The highest BCUT2D eigenvalue weighted by atomic mass is 14.9. The molecular weight excluding hydrogens is 172 g/mol. The highest BCUT2D eigenvalue weighted by molar-refractivity contribution is 5.42. The summed E-state index contributed by atoms with van der Waals surface area (Å²) < 4.78 is 0. The number of rotatable bonds is 3. The van der Waals surface area contributed by atoms with E-state index in [4.69, 9.17) is 5.73 Å². The van der Waals surface area contributed by atoms with E-state index in [2.05, 4.69) is 29.6 Å². The van der Waals surface area contributed by atoms with Gasteiger partial charge in [-0.25, -0.2) is 0 Å². The van der Waals surface area contributed by atoms with Crippen LogP contribution in [0.3, 0.4) is 0 Å². The molecule has 0 radical (unpaired) electrons. The highest BCUT2D eigenvalue weighted by Gasteiger charge is 2.23. The number of nitrogens with two attached hydrogens (primary N) is 1. The SMILES string of the molecule is NC1CCCC1CNc1ccccc1. The Morgan fingerprint density at radius 1 is 1.21 bits per heavy atom. The van der Waals surface area contributed by atoms with E-state index in [0.29, 0.717) is 12.0 Å². The molecule has 1 aromatic rings. The highest BCUT2D eigenvalue weighted by Crippen LogP contribution is 2.24. The lowest BCUT2D eigenvalue weighted by Gasteiger charge is -2.16. The normalized spacial score (nSPS) is 26.4. The Kier molecular flexibility index (Phi) is 3.04. The zero-order valence-electron chi connectivity index (χ0n) is 8.45. The zero-order chi connectivity index (χ0) is 9.80. The second-order valence-electron chi connectivity index (χ2n) is 4.10. The molecule has 14 heavy (non-hydrogen) atoms. The monoisotopic (exact) mass is 190 g/mol. The number of nitrogens with one attached hydrogen (secondary N) is 1. The van der Waals surface area contributed by atoms with E-state index in [0.717, 1.165) is 6.54 Å². The Balaban J connectivity index is 1.82. The molecule has 1 aliphatic carbocycles. The minimum Gasteiger partial charge on any atom is -0.385 e. The van der Waals surface area contributed by atoms with E-state index in [1.54, 1.807) is 0 Å². The molecular formula is C12H18N2. The van der Waals surface area contributed by atoms with Crippen molar-refractivity contribution in [1.82, 2.24) is 0 Å². The first-order valence-corrected chi connectivity index (χ1v) is 5.41. The number of hydrogen-bond acceptors (Lipinski definition) is 2. The van der Waals surface area contributed by atoms with Crippen molar-refractivity contribution in [3.63, 3.8) is 0 Å². The minimum atomic E-state index is 0.409. The van der Waals surface area contributed by atoms with Crippen molar-refractivity contribution in [1.29, 1.82) is 0 Å². The molecule has 0 heterocycles. The van der Waals surface area contributed by atoms with Gasteiger partial charge in [-0.2, -0.15) is 0 Å². The summed E-state index contributed by atoms with van der Waals surface area (Å²) in [6.07, 6.45) is 3.77. The summed E-state index contributed by atoms with van der Waals surface area (Å²) >= 11 is 0. The van der Waals surface area contributed by atoms with Crippen molar-refractivity contribution in [3.8, 4) is 0 Å². The summed E-state index contributed by atoms with van der Waals surface area (Å²) in [6, 6.07) is 10.7. The van der Waals surface area contributed by atoms with Gasteiger partial charge < -0.3 is 11.1 Å². The van der Waals surface area contributed by atoms with Crippen molar-refractivity contribution in [2.45, 2.75) is 25.3 Å². The molecule has 0 amide bonds. The Bertz CT molecular complexity index is 271. The fraction of sp³-hybridized carbons (Fsp3) is 0.500. The summed E-state index contributed by atoms with van der Waals surface area (Å²) in [5, 5.41) is 3.44.